The van der Waals surface area contributed by atoms with Crippen LogP contribution in [-0.4, -0.2) is 40.2 Å². The van der Waals surface area contributed by atoms with E-state index in [9.17, 15) is 9.59 Å². The van der Waals surface area contributed by atoms with Gasteiger partial charge in [0, 0.05) is 29.8 Å². The van der Waals surface area contributed by atoms with Gasteiger partial charge in [0.25, 0.3) is 5.91 Å². The van der Waals surface area contributed by atoms with Gasteiger partial charge >= 0.3 is 0 Å². The molecule has 1 aromatic carbocycles. The maximum Gasteiger partial charge on any atom is 0.271 e. The fourth-order valence-electron chi connectivity index (χ4n) is 4.68. The van der Waals surface area contributed by atoms with Crippen molar-refractivity contribution in [3.63, 3.8) is 0 Å². The van der Waals surface area contributed by atoms with E-state index in [0.717, 1.165) is 43.1 Å². The third kappa shape index (κ3) is 4.67. The summed E-state index contributed by atoms with van der Waals surface area (Å²) in [6, 6.07) is 7.51. The van der Waals surface area contributed by atoms with Crippen LogP contribution in [0.25, 0.3) is 6.08 Å². The zero-order valence-corrected chi connectivity index (χ0v) is 19.0. The number of nitrogens with one attached hydrogen (secondary N) is 2. The highest BCUT2D eigenvalue weighted by molar-refractivity contribution is 5.99. The van der Waals surface area contributed by atoms with Crippen LogP contribution in [0.4, 0.5) is 17.2 Å². The van der Waals surface area contributed by atoms with Gasteiger partial charge in [-0.15, -0.1) is 10.2 Å². The van der Waals surface area contributed by atoms with E-state index in [4.69, 9.17) is 16.3 Å². The molecule has 0 spiro atoms. The van der Waals surface area contributed by atoms with Crippen LogP contribution in [-0.2, 0) is 4.79 Å². The topological polar surface area (TPSA) is 148 Å². The molecule has 178 valence electrons. The van der Waals surface area contributed by atoms with Crippen LogP contribution in [0.15, 0.2) is 30.5 Å². The van der Waals surface area contributed by atoms with Gasteiger partial charge in [0.1, 0.15) is 5.75 Å². The number of amides is 2. The van der Waals surface area contributed by atoms with E-state index >= 15 is 0 Å². The largest absolute Gasteiger partial charge is 0.494 e. The van der Waals surface area contributed by atoms with Gasteiger partial charge in [0.2, 0.25) is 5.91 Å². The molecule has 0 saturated heterocycles. The second-order valence-corrected chi connectivity index (χ2v) is 9.32. The van der Waals surface area contributed by atoms with Crippen molar-refractivity contribution in [2.75, 3.05) is 17.7 Å². The average molecular weight is 464 g/mol. The quantitative estimate of drug-likeness (QED) is 0.328. The first kappa shape index (κ1) is 22.1. The number of carbonyl (C=O) groups excluding carboxylic acids is 2. The Morgan fingerprint density at radius 3 is 2.59 bits per heavy atom. The molecule has 2 amide bonds. The molecule has 1 heterocycles. The number of rotatable bonds is 9. The molecule has 10 heteroatoms. The van der Waals surface area contributed by atoms with Crippen molar-refractivity contribution in [1.29, 1.82) is 0 Å². The molecule has 0 unspecified atom stereocenters. The molecule has 0 bridgehead atoms. The van der Waals surface area contributed by atoms with Gasteiger partial charge in [-0.2, -0.15) is 0 Å². The van der Waals surface area contributed by atoms with Crippen molar-refractivity contribution in [2.24, 2.45) is 29.3 Å². The highest BCUT2D eigenvalue weighted by Gasteiger charge is 2.46. The van der Waals surface area contributed by atoms with Gasteiger partial charge in [-0.3, -0.25) is 9.59 Å². The summed E-state index contributed by atoms with van der Waals surface area (Å²) >= 11 is 0. The van der Waals surface area contributed by atoms with E-state index in [1.54, 1.807) is 18.2 Å². The SMILES string of the molecule is COc1c(/C=C/N(N)[C@@H]2C[C@H]3C[C@H]3C2)cccc1Nc1cc(NC(=O)C2CC2)nnc1C(N)=O. The Labute approximate surface area is 197 Å². The zero-order chi connectivity index (χ0) is 23.8. The molecule has 2 aromatic rings. The Balaban J connectivity index is 1.37. The Morgan fingerprint density at radius 2 is 1.91 bits per heavy atom. The van der Waals surface area contributed by atoms with Crippen molar-refractivity contribution in [2.45, 2.75) is 38.1 Å². The number of primary amides is 1. The number of anilines is 3. The third-order valence-electron chi connectivity index (χ3n) is 6.81. The highest BCUT2D eigenvalue weighted by atomic mass is 16.5. The first-order valence-corrected chi connectivity index (χ1v) is 11.6. The lowest BCUT2D eigenvalue weighted by Crippen LogP contribution is -2.35. The van der Waals surface area contributed by atoms with Crippen LogP contribution in [0, 0.1) is 17.8 Å². The maximum absolute atomic E-state index is 12.1. The van der Waals surface area contributed by atoms with Gasteiger partial charge < -0.3 is 26.1 Å². The molecular formula is C24H29N7O3. The third-order valence-corrected chi connectivity index (χ3v) is 6.81. The van der Waals surface area contributed by atoms with E-state index in [-0.39, 0.29) is 23.3 Å². The number of hydrogen-bond acceptors (Lipinski definition) is 8. The van der Waals surface area contributed by atoms with Crippen LogP contribution >= 0.6 is 0 Å². The summed E-state index contributed by atoms with van der Waals surface area (Å²) < 4.78 is 5.67. The minimum Gasteiger partial charge on any atom is -0.494 e. The average Bonchev–Trinajstić information content (AvgIpc) is 3.75. The molecule has 1 aromatic heterocycles. The number of ether oxygens (including phenoxy) is 1. The first-order valence-electron chi connectivity index (χ1n) is 11.6. The van der Waals surface area contributed by atoms with E-state index in [0.29, 0.717) is 23.2 Å². The number of fused-ring (bicyclic) bond motifs is 1. The van der Waals surface area contributed by atoms with Crippen molar-refractivity contribution in [1.82, 2.24) is 15.2 Å². The van der Waals surface area contributed by atoms with Crippen LogP contribution in [0.3, 0.4) is 0 Å². The lowest BCUT2D eigenvalue weighted by Gasteiger charge is -2.23. The fraction of sp³-hybridized carbons (Fsp3) is 0.417. The molecule has 10 nitrogen and oxygen atoms in total. The van der Waals surface area contributed by atoms with Crippen molar-refractivity contribution in [3.8, 4) is 5.75 Å². The molecule has 0 radical (unpaired) electrons. The maximum atomic E-state index is 12.1. The summed E-state index contributed by atoms with van der Waals surface area (Å²) in [6.45, 7) is 0. The number of nitrogens with zero attached hydrogens (tertiary/aromatic N) is 3. The minimum atomic E-state index is -0.738. The second kappa shape index (κ2) is 8.94. The molecule has 3 aliphatic carbocycles. The Morgan fingerprint density at radius 1 is 1.15 bits per heavy atom. The molecule has 34 heavy (non-hydrogen) atoms. The molecule has 6 N–H and O–H groups in total. The summed E-state index contributed by atoms with van der Waals surface area (Å²) in [5.41, 5.74) is 7.20. The van der Waals surface area contributed by atoms with Gasteiger partial charge in [-0.05, 0) is 56.1 Å². The predicted molar refractivity (Wildman–Crippen MR) is 128 cm³/mol. The van der Waals surface area contributed by atoms with Crippen LogP contribution < -0.4 is 26.9 Å². The number of carbonyl (C=O) groups is 2. The van der Waals surface area contributed by atoms with Gasteiger partial charge in [-0.1, -0.05) is 12.1 Å². The van der Waals surface area contributed by atoms with Crippen LogP contribution in [0.5, 0.6) is 5.75 Å². The number of methoxy groups -OCH3 is 1. The number of hydrogen-bond donors (Lipinski definition) is 4. The zero-order valence-electron chi connectivity index (χ0n) is 19.0. The molecule has 0 aliphatic heterocycles. The second-order valence-electron chi connectivity index (χ2n) is 9.32. The summed E-state index contributed by atoms with van der Waals surface area (Å²) in [4.78, 5) is 24.1. The minimum absolute atomic E-state index is 0.00900. The van der Waals surface area contributed by atoms with Crippen molar-refractivity contribution >= 4 is 35.1 Å². The molecule has 3 fully saturated rings. The normalized spacial score (nSPS) is 22.8. The van der Waals surface area contributed by atoms with Gasteiger partial charge in [-0.25, -0.2) is 5.84 Å². The molecule has 3 saturated carbocycles. The monoisotopic (exact) mass is 463 g/mol. The number of benzene rings is 1. The van der Waals surface area contributed by atoms with Crippen molar-refractivity contribution in [3.05, 3.63) is 41.7 Å². The van der Waals surface area contributed by atoms with E-state index in [1.807, 2.05) is 30.5 Å². The lowest BCUT2D eigenvalue weighted by atomic mass is 10.1. The molecule has 3 atom stereocenters. The Kier molecular flexibility index (Phi) is 5.82. The highest BCUT2D eigenvalue weighted by Crippen LogP contribution is 2.52. The first-order chi connectivity index (χ1) is 16.4. The van der Waals surface area contributed by atoms with Gasteiger partial charge in [0.15, 0.2) is 11.5 Å². The van der Waals surface area contributed by atoms with E-state index in [1.165, 1.54) is 6.42 Å². The van der Waals surface area contributed by atoms with E-state index in [2.05, 4.69) is 20.8 Å². The summed E-state index contributed by atoms with van der Waals surface area (Å²) in [5, 5.41) is 15.5. The number of nitrogens with two attached hydrogens (primary N) is 2. The summed E-state index contributed by atoms with van der Waals surface area (Å²) in [5.74, 6) is 7.95. The summed E-state index contributed by atoms with van der Waals surface area (Å²) in [7, 11) is 1.57. The number of hydrazine groups is 1. The molecular weight excluding hydrogens is 434 g/mol. The smallest absolute Gasteiger partial charge is 0.271 e. The number of aromatic nitrogens is 2. The number of para-hydroxylation sites is 1. The molecule has 5 rings (SSSR count). The predicted octanol–water partition coefficient (Wildman–Crippen LogP) is 2.62. The Bertz CT molecular complexity index is 1140. The van der Waals surface area contributed by atoms with E-state index < -0.39 is 5.91 Å². The van der Waals surface area contributed by atoms with Gasteiger partial charge in [0.05, 0.1) is 18.5 Å². The van der Waals surface area contributed by atoms with Crippen LogP contribution in [0.1, 0.15) is 48.2 Å². The fourth-order valence-corrected chi connectivity index (χ4v) is 4.68. The molecule has 3 aliphatic rings. The lowest BCUT2D eigenvalue weighted by molar-refractivity contribution is -0.117. The van der Waals surface area contributed by atoms with Crippen LogP contribution in [0.2, 0.25) is 0 Å². The Hall–Kier alpha value is -3.66. The van der Waals surface area contributed by atoms with Crippen molar-refractivity contribution < 1.29 is 14.3 Å². The summed E-state index contributed by atoms with van der Waals surface area (Å²) in [6.07, 6.45) is 9.16. The standard InChI is InChI=1S/C24H29N7O3/c1-34-22-13(7-8-31(26)17-10-15-9-16(15)11-17)3-2-4-18(22)27-19-12-20(28-24(33)14-5-6-14)29-30-21(19)23(25)32/h2-4,7-8,12,14-17H,5-6,9-11,26H2,1H3,(H2,25,32)(H2,27,28,29,33)/b8-7+/t15-,16+,17-.